The smallest absolute Gasteiger partial charge is 0.220 e. The minimum absolute atomic E-state index is 0.0733. The molecule has 0 aliphatic rings. The fourth-order valence-corrected chi connectivity index (χ4v) is 9.39. The summed E-state index contributed by atoms with van der Waals surface area (Å²) in [6.07, 6.45) is 81.6. The van der Waals surface area contributed by atoms with E-state index in [-0.39, 0.29) is 12.5 Å². The van der Waals surface area contributed by atoms with E-state index in [0.717, 1.165) is 38.5 Å². The quantitative estimate of drug-likeness (QED) is 0.0420. The van der Waals surface area contributed by atoms with E-state index >= 15 is 0 Å². The maximum absolute atomic E-state index is 12.5. The normalized spacial score (nSPS) is 13.1. The Bertz CT molecular complexity index is 1060. The first-order valence-electron chi connectivity index (χ1n) is 30.4. The Morgan fingerprint density at radius 1 is 0.343 bits per heavy atom. The van der Waals surface area contributed by atoms with Crippen LogP contribution in [0.3, 0.4) is 0 Å². The van der Waals surface area contributed by atoms with Crippen molar-refractivity contribution in [1.29, 1.82) is 0 Å². The molecule has 0 spiro atoms. The summed E-state index contributed by atoms with van der Waals surface area (Å²) < 4.78 is 0. The SMILES string of the molecule is CCCCCCCCCCCCCC/C=C\CCCCCCCCCCCCCCCCCCC(=O)NC(CO)C(O)/C=C/CC/C=C/CC/C=C/CCCCCCCCCCCCCCC. The third-order valence-corrected chi connectivity index (χ3v) is 14.0. The number of hydrogen-bond donors (Lipinski definition) is 3. The van der Waals surface area contributed by atoms with Crippen molar-refractivity contribution in [2.45, 2.75) is 341 Å². The number of nitrogens with one attached hydrogen (secondary N) is 1. The standard InChI is InChI=1S/C63H119NO3/c1-3-5-7-9-11-13-15-17-19-21-23-25-27-28-29-30-31-32-33-34-35-37-39-41-43-45-47-49-51-53-55-57-59-63(67)64-61(60-65)62(66)58-56-54-52-50-48-46-44-42-40-38-36-26-24-22-20-18-16-14-12-10-8-6-4-2/h28-29,40,42,48,50,56,58,61-62,65-66H,3-27,30-39,41,43-47,49,51-55,57,59-60H2,1-2H3,(H,64,67)/b29-28-,42-40+,50-48+,58-56+. The van der Waals surface area contributed by atoms with E-state index < -0.39 is 12.1 Å². The third-order valence-electron chi connectivity index (χ3n) is 14.0. The van der Waals surface area contributed by atoms with Crippen LogP contribution in [0, 0.1) is 0 Å². The van der Waals surface area contributed by atoms with Crippen molar-refractivity contribution >= 4 is 5.91 Å². The highest BCUT2D eigenvalue weighted by Gasteiger charge is 2.18. The van der Waals surface area contributed by atoms with Gasteiger partial charge in [-0.05, 0) is 70.6 Å². The van der Waals surface area contributed by atoms with Crippen LogP contribution in [-0.4, -0.2) is 34.9 Å². The van der Waals surface area contributed by atoms with Crippen LogP contribution in [0.5, 0.6) is 0 Å². The average Bonchev–Trinajstić information content (AvgIpc) is 3.33. The van der Waals surface area contributed by atoms with Crippen molar-refractivity contribution in [2.24, 2.45) is 0 Å². The fourth-order valence-electron chi connectivity index (χ4n) is 9.39. The van der Waals surface area contributed by atoms with E-state index in [4.69, 9.17) is 0 Å². The highest BCUT2D eigenvalue weighted by molar-refractivity contribution is 5.76. The second kappa shape index (κ2) is 58.7. The number of hydrogen-bond acceptors (Lipinski definition) is 3. The van der Waals surface area contributed by atoms with E-state index in [0.29, 0.717) is 6.42 Å². The van der Waals surface area contributed by atoms with Gasteiger partial charge >= 0.3 is 0 Å². The van der Waals surface area contributed by atoms with Crippen molar-refractivity contribution in [3.05, 3.63) is 48.6 Å². The number of unbranched alkanes of at least 4 members (excludes halogenated alkanes) is 43. The number of carbonyl (C=O) groups is 1. The lowest BCUT2D eigenvalue weighted by atomic mass is 10.0. The van der Waals surface area contributed by atoms with Gasteiger partial charge in [0.1, 0.15) is 0 Å². The third kappa shape index (κ3) is 55.2. The zero-order valence-electron chi connectivity index (χ0n) is 45.4. The summed E-state index contributed by atoms with van der Waals surface area (Å²) in [7, 11) is 0. The Morgan fingerprint density at radius 2 is 0.582 bits per heavy atom. The lowest BCUT2D eigenvalue weighted by Gasteiger charge is -2.19. The predicted molar refractivity (Wildman–Crippen MR) is 299 cm³/mol. The highest BCUT2D eigenvalue weighted by Crippen LogP contribution is 2.17. The first-order valence-corrected chi connectivity index (χ1v) is 30.4. The molecule has 0 aliphatic heterocycles. The van der Waals surface area contributed by atoms with Crippen molar-refractivity contribution in [3.8, 4) is 0 Å². The van der Waals surface area contributed by atoms with Gasteiger partial charge in [0, 0.05) is 6.42 Å². The number of aliphatic hydroxyl groups excluding tert-OH is 2. The summed E-state index contributed by atoms with van der Waals surface area (Å²) in [6, 6.07) is -0.646. The van der Waals surface area contributed by atoms with Gasteiger partial charge in [-0.2, -0.15) is 0 Å². The summed E-state index contributed by atoms with van der Waals surface area (Å²) in [4.78, 5) is 12.5. The first kappa shape index (κ1) is 65.3. The number of carbonyl (C=O) groups excluding carboxylic acids is 1. The van der Waals surface area contributed by atoms with Gasteiger partial charge in [0.15, 0.2) is 0 Å². The molecule has 0 aliphatic carbocycles. The molecule has 2 unspecified atom stereocenters. The molecule has 0 fully saturated rings. The van der Waals surface area contributed by atoms with Crippen LogP contribution in [-0.2, 0) is 4.79 Å². The zero-order valence-corrected chi connectivity index (χ0v) is 45.4. The van der Waals surface area contributed by atoms with Gasteiger partial charge in [0.2, 0.25) is 5.91 Å². The lowest BCUT2D eigenvalue weighted by molar-refractivity contribution is -0.123. The van der Waals surface area contributed by atoms with E-state index in [1.807, 2.05) is 6.08 Å². The van der Waals surface area contributed by atoms with E-state index in [9.17, 15) is 15.0 Å². The largest absolute Gasteiger partial charge is 0.394 e. The molecule has 3 N–H and O–H groups in total. The highest BCUT2D eigenvalue weighted by atomic mass is 16.3. The summed E-state index contributed by atoms with van der Waals surface area (Å²) in [6.45, 7) is 4.33. The van der Waals surface area contributed by atoms with Crippen LogP contribution in [0.1, 0.15) is 328 Å². The van der Waals surface area contributed by atoms with Crippen LogP contribution >= 0.6 is 0 Å². The molecule has 394 valence electrons. The first-order chi connectivity index (χ1) is 33.2. The molecule has 0 heterocycles. The Kier molecular flexibility index (Phi) is 57.2. The van der Waals surface area contributed by atoms with Crippen LogP contribution in [0.2, 0.25) is 0 Å². The molecule has 0 aromatic carbocycles. The molecule has 0 rings (SSSR count). The number of aliphatic hydroxyl groups is 2. The number of rotatable bonds is 56. The molecular formula is C63H119NO3. The Morgan fingerprint density at radius 3 is 0.866 bits per heavy atom. The van der Waals surface area contributed by atoms with Gasteiger partial charge in [-0.25, -0.2) is 0 Å². The van der Waals surface area contributed by atoms with Gasteiger partial charge in [0.05, 0.1) is 18.8 Å². The van der Waals surface area contributed by atoms with Crippen LogP contribution in [0.25, 0.3) is 0 Å². The Hall–Kier alpha value is -1.65. The van der Waals surface area contributed by atoms with E-state index in [1.165, 1.54) is 270 Å². The van der Waals surface area contributed by atoms with Crippen molar-refractivity contribution in [1.82, 2.24) is 5.32 Å². The monoisotopic (exact) mass is 938 g/mol. The molecule has 2 atom stereocenters. The summed E-state index contributed by atoms with van der Waals surface area (Å²) in [5.41, 5.74) is 0. The molecule has 4 heteroatoms. The van der Waals surface area contributed by atoms with Gasteiger partial charge in [0.25, 0.3) is 0 Å². The average molecular weight is 939 g/mol. The molecule has 0 aromatic heterocycles. The molecule has 67 heavy (non-hydrogen) atoms. The maximum Gasteiger partial charge on any atom is 0.220 e. The fraction of sp³-hybridized carbons (Fsp3) is 0.857. The molecule has 4 nitrogen and oxygen atoms in total. The van der Waals surface area contributed by atoms with Gasteiger partial charge in [-0.15, -0.1) is 0 Å². The molecule has 0 radical (unpaired) electrons. The zero-order chi connectivity index (χ0) is 48.5. The lowest BCUT2D eigenvalue weighted by Crippen LogP contribution is -2.45. The molecule has 0 saturated carbocycles. The minimum atomic E-state index is -0.871. The van der Waals surface area contributed by atoms with E-state index in [1.54, 1.807) is 6.08 Å². The molecule has 0 aromatic rings. The van der Waals surface area contributed by atoms with Crippen molar-refractivity contribution in [2.75, 3.05) is 6.61 Å². The summed E-state index contributed by atoms with van der Waals surface area (Å²) >= 11 is 0. The molecule has 0 bridgehead atoms. The van der Waals surface area contributed by atoms with Crippen LogP contribution < -0.4 is 5.32 Å². The number of allylic oxidation sites excluding steroid dienone is 7. The summed E-state index contributed by atoms with van der Waals surface area (Å²) in [5.74, 6) is -0.0733. The maximum atomic E-state index is 12.5. The Balaban J connectivity index is 3.50. The van der Waals surface area contributed by atoms with Crippen LogP contribution in [0.4, 0.5) is 0 Å². The number of amides is 1. The molecular weight excluding hydrogens is 819 g/mol. The molecule has 1 amide bonds. The summed E-state index contributed by atoms with van der Waals surface area (Å²) in [5, 5.41) is 23.2. The van der Waals surface area contributed by atoms with Crippen LogP contribution in [0.15, 0.2) is 48.6 Å². The molecule has 0 saturated heterocycles. The second-order valence-corrected chi connectivity index (χ2v) is 20.7. The topological polar surface area (TPSA) is 69.6 Å². The second-order valence-electron chi connectivity index (χ2n) is 20.7. The van der Waals surface area contributed by atoms with Gasteiger partial charge in [-0.1, -0.05) is 300 Å². The van der Waals surface area contributed by atoms with Crippen molar-refractivity contribution in [3.63, 3.8) is 0 Å². The Labute approximate surface area is 420 Å². The van der Waals surface area contributed by atoms with Gasteiger partial charge in [-0.3, -0.25) is 4.79 Å². The van der Waals surface area contributed by atoms with E-state index in [2.05, 4.69) is 55.6 Å². The van der Waals surface area contributed by atoms with Gasteiger partial charge < -0.3 is 15.5 Å². The predicted octanol–water partition coefficient (Wildman–Crippen LogP) is 20.2. The minimum Gasteiger partial charge on any atom is -0.394 e. The van der Waals surface area contributed by atoms with Crippen molar-refractivity contribution < 1.29 is 15.0 Å².